The van der Waals surface area contributed by atoms with Gasteiger partial charge in [0.25, 0.3) is 5.91 Å². The smallest absolute Gasteiger partial charge is 0.258 e. The largest absolute Gasteiger partial charge is 0.335 e. The summed E-state index contributed by atoms with van der Waals surface area (Å²) in [6.45, 7) is 4.28. The van der Waals surface area contributed by atoms with E-state index in [1.54, 1.807) is 4.90 Å². The van der Waals surface area contributed by atoms with Gasteiger partial charge in [-0.1, -0.05) is 33.6 Å². The van der Waals surface area contributed by atoms with Crippen LogP contribution in [0.3, 0.4) is 0 Å². The van der Waals surface area contributed by atoms with Crippen molar-refractivity contribution in [3.05, 3.63) is 34.6 Å². The summed E-state index contributed by atoms with van der Waals surface area (Å²) < 4.78 is 13.6. The fraction of sp³-hybridized carbons (Fsp3) is 0.417. The monoisotopic (exact) mass is 321 g/mol. The molecular formula is C12H14BrClFNO. The van der Waals surface area contributed by atoms with Crippen molar-refractivity contribution in [3.8, 4) is 0 Å². The molecule has 0 saturated carbocycles. The zero-order valence-corrected chi connectivity index (χ0v) is 12.1. The van der Waals surface area contributed by atoms with Crippen LogP contribution in [0.5, 0.6) is 0 Å². The van der Waals surface area contributed by atoms with Gasteiger partial charge in [-0.15, -0.1) is 0 Å². The molecule has 0 aliphatic heterocycles. The summed E-state index contributed by atoms with van der Waals surface area (Å²) in [7, 11) is 0. The highest BCUT2D eigenvalue weighted by molar-refractivity contribution is 9.09. The van der Waals surface area contributed by atoms with E-state index in [0.717, 1.165) is 0 Å². The third-order valence-corrected chi connectivity index (χ3v) is 3.06. The van der Waals surface area contributed by atoms with Crippen molar-refractivity contribution in [1.82, 2.24) is 4.90 Å². The van der Waals surface area contributed by atoms with Crippen molar-refractivity contribution < 1.29 is 9.18 Å². The van der Waals surface area contributed by atoms with Crippen molar-refractivity contribution in [2.24, 2.45) is 0 Å². The molecule has 0 aromatic heterocycles. The Morgan fingerprint density at radius 2 is 2.18 bits per heavy atom. The summed E-state index contributed by atoms with van der Waals surface area (Å²) >= 11 is 9.15. The maximum atomic E-state index is 13.6. The van der Waals surface area contributed by atoms with Crippen LogP contribution in [0.25, 0.3) is 0 Å². The van der Waals surface area contributed by atoms with Gasteiger partial charge in [-0.05, 0) is 26.0 Å². The maximum absolute atomic E-state index is 13.6. The number of alkyl halides is 1. The lowest BCUT2D eigenvalue weighted by molar-refractivity contribution is 0.0715. The summed E-state index contributed by atoms with van der Waals surface area (Å²) in [6.07, 6.45) is 0. The second-order valence-corrected chi connectivity index (χ2v) is 5.08. The molecule has 1 aromatic carbocycles. The Labute approximate surface area is 114 Å². The lowest BCUT2D eigenvalue weighted by Gasteiger charge is -2.26. The zero-order valence-electron chi connectivity index (χ0n) is 9.71. The average Bonchev–Trinajstić information content (AvgIpc) is 2.24. The molecule has 1 rings (SSSR count). The molecule has 2 nitrogen and oxygen atoms in total. The van der Waals surface area contributed by atoms with Crippen molar-refractivity contribution in [2.45, 2.75) is 19.9 Å². The molecule has 0 spiro atoms. The third kappa shape index (κ3) is 3.42. The molecule has 1 amide bonds. The van der Waals surface area contributed by atoms with E-state index >= 15 is 0 Å². The second-order valence-electron chi connectivity index (χ2n) is 3.88. The molecule has 0 atom stereocenters. The van der Waals surface area contributed by atoms with Crippen LogP contribution in [0.1, 0.15) is 24.2 Å². The van der Waals surface area contributed by atoms with Gasteiger partial charge in [0.2, 0.25) is 0 Å². The molecule has 94 valence electrons. The number of halogens is 3. The van der Waals surface area contributed by atoms with Crippen LogP contribution in [0, 0.1) is 5.82 Å². The summed E-state index contributed by atoms with van der Waals surface area (Å²) in [5.74, 6) is -0.953. The highest BCUT2D eigenvalue weighted by atomic mass is 79.9. The number of hydrogen-bond acceptors (Lipinski definition) is 1. The number of carbonyl (C=O) groups is 1. The van der Waals surface area contributed by atoms with Gasteiger partial charge in [-0.3, -0.25) is 4.79 Å². The van der Waals surface area contributed by atoms with Crippen LogP contribution >= 0.6 is 27.5 Å². The van der Waals surface area contributed by atoms with E-state index in [-0.39, 0.29) is 22.5 Å². The molecule has 0 saturated heterocycles. The predicted molar refractivity (Wildman–Crippen MR) is 71.4 cm³/mol. The van der Waals surface area contributed by atoms with Gasteiger partial charge in [-0.2, -0.15) is 0 Å². The van der Waals surface area contributed by atoms with E-state index < -0.39 is 5.82 Å². The highest BCUT2D eigenvalue weighted by Gasteiger charge is 2.23. The normalized spacial score (nSPS) is 10.7. The van der Waals surface area contributed by atoms with Gasteiger partial charge >= 0.3 is 0 Å². The SMILES string of the molecule is CC(C)N(CCBr)C(=O)c1c(F)cccc1Cl. The lowest BCUT2D eigenvalue weighted by atomic mass is 10.1. The molecule has 0 radical (unpaired) electrons. The first-order chi connectivity index (χ1) is 7.99. The third-order valence-electron chi connectivity index (χ3n) is 2.39. The van der Waals surface area contributed by atoms with Crippen LogP contribution in [0.2, 0.25) is 5.02 Å². The minimum atomic E-state index is -0.581. The fourth-order valence-electron chi connectivity index (χ4n) is 1.53. The quantitative estimate of drug-likeness (QED) is 0.774. The first-order valence-corrected chi connectivity index (χ1v) is 6.80. The van der Waals surface area contributed by atoms with E-state index in [4.69, 9.17) is 11.6 Å². The second kappa shape index (κ2) is 6.36. The van der Waals surface area contributed by atoms with Gasteiger partial charge < -0.3 is 4.90 Å². The van der Waals surface area contributed by atoms with E-state index in [9.17, 15) is 9.18 Å². The Morgan fingerprint density at radius 3 is 2.65 bits per heavy atom. The standard InChI is InChI=1S/C12H14BrClFNO/c1-8(2)16(7-6-13)12(17)11-9(14)4-3-5-10(11)15/h3-5,8H,6-7H2,1-2H3. The average molecular weight is 323 g/mol. The molecule has 0 heterocycles. The van der Waals surface area contributed by atoms with E-state index in [0.29, 0.717) is 11.9 Å². The van der Waals surface area contributed by atoms with Crippen LogP contribution in [-0.2, 0) is 0 Å². The van der Waals surface area contributed by atoms with Gasteiger partial charge in [0.1, 0.15) is 5.82 Å². The van der Waals surface area contributed by atoms with Crippen LogP contribution < -0.4 is 0 Å². The van der Waals surface area contributed by atoms with E-state index in [1.807, 2.05) is 13.8 Å². The van der Waals surface area contributed by atoms with Crippen molar-refractivity contribution >= 4 is 33.4 Å². The molecule has 0 bridgehead atoms. The Balaban J connectivity index is 3.09. The Morgan fingerprint density at radius 1 is 1.53 bits per heavy atom. The van der Waals surface area contributed by atoms with Crippen molar-refractivity contribution in [1.29, 1.82) is 0 Å². The number of rotatable bonds is 4. The molecule has 0 aliphatic rings. The summed E-state index contributed by atoms with van der Waals surface area (Å²) in [4.78, 5) is 13.8. The van der Waals surface area contributed by atoms with Gasteiger partial charge in [0.15, 0.2) is 0 Å². The minimum Gasteiger partial charge on any atom is -0.335 e. The van der Waals surface area contributed by atoms with Crippen LogP contribution in [-0.4, -0.2) is 28.7 Å². The Hall–Kier alpha value is -0.610. The Kier molecular flexibility index (Phi) is 5.40. The first kappa shape index (κ1) is 14.5. The van der Waals surface area contributed by atoms with Gasteiger partial charge in [0, 0.05) is 17.9 Å². The molecule has 0 unspecified atom stereocenters. The summed E-state index contributed by atoms with van der Waals surface area (Å²) in [5, 5.41) is 0.790. The topological polar surface area (TPSA) is 20.3 Å². The van der Waals surface area contributed by atoms with Crippen LogP contribution in [0.4, 0.5) is 4.39 Å². The van der Waals surface area contributed by atoms with Crippen molar-refractivity contribution in [2.75, 3.05) is 11.9 Å². The number of carbonyl (C=O) groups excluding carboxylic acids is 1. The number of benzene rings is 1. The number of hydrogen-bond donors (Lipinski definition) is 0. The maximum Gasteiger partial charge on any atom is 0.258 e. The first-order valence-electron chi connectivity index (χ1n) is 5.30. The molecule has 0 fully saturated rings. The van der Waals surface area contributed by atoms with E-state index in [2.05, 4.69) is 15.9 Å². The fourth-order valence-corrected chi connectivity index (χ4v) is 2.16. The molecule has 5 heteroatoms. The summed E-state index contributed by atoms with van der Waals surface area (Å²) in [6, 6.07) is 4.24. The molecule has 0 N–H and O–H groups in total. The zero-order chi connectivity index (χ0) is 13.0. The van der Waals surface area contributed by atoms with Gasteiger partial charge in [-0.25, -0.2) is 4.39 Å². The number of amides is 1. The predicted octanol–water partition coefficient (Wildman–Crippen LogP) is 3.72. The van der Waals surface area contributed by atoms with Crippen LogP contribution in [0.15, 0.2) is 18.2 Å². The van der Waals surface area contributed by atoms with Crippen molar-refractivity contribution in [3.63, 3.8) is 0 Å². The molecule has 17 heavy (non-hydrogen) atoms. The minimum absolute atomic E-state index is 0.00396. The number of nitrogens with zero attached hydrogens (tertiary/aromatic N) is 1. The van der Waals surface area contributed by atoms with Gasteiger partial charge in [0.05, 0.1) is 10.6 Å². The summed E-state index contributed by atoms with van der Waals surface area (Å²) in [5.41, 5.74) is -0.0520. The molecule has 0 aliphatic carbocycles. The Bertz CT molecular complexity index is 391. The highest BCUT2D eigenvalue weighted by Crippen LogP contribution is 2.21. The molecule has 1 aromatic rings. The van der Waals surface area contributed by atoms with E-state index in [1.165, 1.54) is 18.2 Å². The lowest BCUT2D eigenvalue weighted by Crippen LogP contribution is -2.38. The molecular weight excluding hydrogens is 308 g/mol.